The molecule has 1 unspecified atom stereocenters. The first-order valence-corrected chi connectivity index (χ1v) is 12.1. The van der Waals surface area contributed by atoms with Crippen LogP contribution in [0, 0.1) is 5.92 Å². The molecule has 0 bridgehead atoms. The van der Waals surface area contributed by atoms with E-state index in [2.05, 4.69) is 58.4 Å². The molecule has 2 aromatic carbocycles. The molecule has 0 aliphatic carbocycles. The topological polar surface area (TPSA) is 35.6 Å². The van der Waals surface area contributed by atoms with Crippen LogP contribution in [0.5, 0.6) is 0 Å². The van der Waals surface area contributed by atoms with E-state index in [9.17, 15) is 4.79 Å². The zero-order chi connectivity index (χ0) is 21.5. The Balaban J connectivity index is 1.27. The van der Waals surface area contributed by atoms with Crippen molar-refractivity contribution in [3.8, 4) is 0 Å². The van der Waals surface area contributed by atoms with Crippen molar-refractivity contribution in [1.29, 1.82) is 0 Å². The van der Waals surface area contributed by atoms with Gasteiger partial charge >= 0.3 is 0 Å². The second-order valence-electron chi connectivity index (χ2n) is 9.52. The number of piperidine rings is 2. The fourth-order valence-electron chi connectivity index (χ4n) is 4.95. The van der Waals surface area contributed by atoms with E-state index in [1.165, 1.54) is 75.0 Å². The maximum absolute atomic E-state index is 12.6. The second kappa shape index (κ2) is 10.9. The monoisotopic (exact) mass is 419 g/mol. The van der Waals surface area contributed by atoms with E-state index in [0.29, 0.717) is 6.54 Å². The van der Waals surface area contributed by atoms with Crippen molar-refractivity contribution in [2.75, 3.05) is 26.2 Å². The van der Waals surface area contributed by atoms with E-state index in [1.807, 2.05) is 12.1 Å². The fourth-order valence-corrected chi connectivity index (χ4v) is 4.95. The molecule has 2 fully saturated rings. The van der Waals surface area contributed by atoms with Gasteiger partial charge in [0.15, 0.2) is 0 Å². The number of benzene rings is 2. The van der Waals surface area contributed by atoms with Gasteiger partial charge in [0.05, 0.1) is 0 Å². The average molecular weight is 420 g/mol. The Hall–Kier alpha value is -2.17. The van der Waals surface area contributed by atoms with Crippen LogP contribution in [-0.2, 0) is 19.6 Å². The van der Waals surface area contributed by atoms with Crippen LogP contribution in [0.25, 0.3) is 0 Å². The summed E-state index contributed by atoms with van der Waals surface area (Å²) in [6.07, 6.45) is 6.62. The summed E-state index contributed by atoms with van der Waals surface area (Å²) >= 11 is 0. The molecule has 2 heterocycles. The van der Waals surface area contributed by atoms with E-state index in [4.69, 9.17) is 0 Å². The third-order valence-electron chi connectivity index (χ3n) is 6.66. The molecule has 2 aromatic rings. The Morgan fingerprint density at radius 3 is 2.35 bits per heavy atom. The number of carbonyl (C=O) groups excluding carboxylic acids is 1. The van der Waals surface area contributed by atoms with Crippen molar-refractivity contribution < 1.29 is 4.79 Å². The summed E-state index contributed by atoms with van der Waals surface area (Å²) in [7, 11) is 0. The number of likely N-dealkylation sites (tertiary alicyclic amines) is 2. The van der Waals surface area contributed by atoms with Crippen molar-refractivity contribution in [2.45, 2.75) is 58.7 Å². The third kappa shape index (κ3) is 6.65. The molecule has 4 nitrogen and oxygen atoms in total. The third-order valence-corrected chi connectivity index (χ3v) is 6.66. The van der Waals surface area contributed by atoms with Gasteiger partial charge in [-0.1, -0.05) is 49.7 Å². The summed E-state index contributed by atoms with van der Waals surface area (Å²) < 4.78 is 0. The minimum atomic E-state index is -0.000390. The molecule has 1 N–H and O–H groups in total. The Kier molecular flexibility index (Phi) is 7.76. The number of hydrogen-bond acceptors (Lipinski definition) is 3. The smallest absolute Gasteiger partial charge is 0.251 e. The van der Waals surface area contributed by atoms with Gasteiger partial charge in [-0.2, -0.15) is 0 Å². The average Bonchev–Trinajstić information content (AvgIpc) is 2.79. The summed E-state index contributed by atoms with van der Waals surface area (Å²) in [6, 6.07) is 16.8. The van der Waals surface area contributed by atoms with E-state index in [1.54, 1.807) is 0 Å². The Morgan fingerprint density at radius 1 is 0.871 bits per heavy atom. The summed E-state index contributed by atoms with van der Waals surface area (Å²) in [5.74, 6) is 0.789. The minimum absolute atomic E-state index is 0.000390. The first kappa shape index (κ1) is 22.0. The van der Waals surface area contributed by atoms with Crippen LogP contribution in [0.15, 0.2) is 48.5 Å². The highest BCUT2D eigenvalue weighted by atomic mass is 16.1. The number of amides is 1. The van der Waals surface area contributed by atoms with Crippen molar-refractivity contribution in [2.24, 2.45) is 5.92 Å². The predicted octanol–water partition coefficient (Wildman–Crippen LogP) is 4.83. The van der Waals surface area contributed by atoms with Crippen LogP contribution in [0.4, 0.5) is 0 Å². The van der Waals surface area contributed by atoms with Gasteiger partial charge in [-0.3, -0.25) is 14.6 Å². The van der Waals surface area contributed by atoms with Crippen molar-refractivity contribution in [1.82, 2.24) is 15.1 Å². The fraction of sp³-hybridized carbons (Fsp3) is 0.519. The predicted molar refractivity (Wildman–Crippen MR) is 127 cm³/mol. The number of nitrogens with zero attached hydrogens (tertiary/aromatic N) is 2. The molecule has 31 heavy (non-hydrogen) atoms. The summed E-state index contributed by atoms with van der Waals surface area (Å²) in [5, 5.41) is 3.09. The van der Waals surface area contributed by atoms with Crippen LogP contribution in [0.2, 0.25) is 0 Å². The second-order valence-corrected chi connectivity index (χ2v) is 9.52. The molecule has 1 amide bonds. The summed E-state index contributed by atoms with van der Waals surface area (Å²) in [6.45, 7) is 9.67. The lowest BCUT2D eigenvalue weighted by molar-refractivity contribution is 0.0951. The molecule has 4 rings (SSSR count). The quantitative estimate of drug-likeness (QED) is 0.698. The molecular formula is C27H37N3O. The number of carbonyl (C=O) groups is 1. The lowest BCUT2D eigenvalue weighted by Crippen LogP contribution is -2.33. The maximum atomic E-state index is 12.6. The highest BCUT2D eigenvalue weighted by Gasteiger charge is 2.16. The van der Waals surface area contributed by atoms with Gasteiger partial charge in [0.25, 0.3) is 5.91 Å². The van der Waals surface area contributed by atoms with Gasteiger partial charge < -0.3 is 5.32 Å². The van der Waals surface area contributed by atoms with Crippen molar-refractivity contribution in [3.05, 3.63) is 70.8 Å². The molecule has 0 spiro atoms. The Morgan fingerprint density at radius 2 is 1.58 bits per heavy atom. The molecule has 4 heteroatoms. The molecule has 0 saturated carbocycles. The van der Waals surface area contributed by atoms with Gasteiger partial charge in [-0.15, -0.1) is 0 Å². The molecule has 2 aliphatic rings. The molecule has 2 aliphatic heterocycles. The summed E-state index contributed by atoms with van der Waals surface area (Å²) in [5.41, 5.74) is 4.53. The minimum Gasteiger partial charge on any atom is -0.348 e. The normalized spacial score (nSPS) is 20.5. The molecule has 0 radical (unpaired) electrons. The van der Waals surface area contributed by atoms with Gasteiger partial charge in [0.1, 0.15) is 0 Å². The number of rotatable bonds is 7. The van der Waals surface area contributed by atoms with E-state index < -0.39 is 0 Å². The zero-order valence-corrected chi connectivity index (χ0v) is 19.0. The SMILES string of the molecule is CC1CCCN(Cc2ccc(C(=O)NCc3cccc(CN4CCCCC4)c3)cc2)C1. The van der Waals surface area contributed by atoms with Crippen molar-refractivity contribution in [3.63, 3.8) is 0 Å². The van der Waals surface area contributed by atoms with Gasteiger partial charge in [0, 0.05) is 31.7 Å². The van der Waals surface area contributed by atoms with E-state index in [0.717, 1.165) is 24.6 Å². The van der Waals surface area contributed by atoms with Gasteiger partial charge in [-0.25, -0.2) is 0 Å². The van der Waals surface area contributed by atoms with Gasteiger partial charge in [0.2, 0.25) is 0 Å². The maximum Gasteiger partial charge on any atom is 0.251 e. The van der Waals surface area contributed by atoms with Crippen LogP contribution in [0.1, 0.15) is 66.1 Å². The first-order chi connectivity index (χ1) is 15.2. The molecule has 1 atom stereocenters. The standard InChI is InChI=1S/C27H37N3O/c1-22-7-6-16-30(19-22)20-23-10-12-26(13-11-23)27(31)28-18-24-8-5-9-25(17-24)21-29-14-3-2-4-15-29/h5,8-13,17,22H,2-4,6-7,14-16,18-21H2,1H3,(H,28,31). The number of hydrogen-bond donors (Lipinski definition) is 1. The summed E-state index contributed by atoms with van der Waals surface area (Å²) in [4.78, 5) is 17.7. The molecule has 166 valence electrons. The van der Waals surface area contributed by atoms with Crippen molar-refractivity contribution >= 4 is 5.91 Å². The van der Waals surface area contributed by atoms with Gasteiger partial charge in [-0.05, 0) is 80.1 Å². The molecule has 0 aromatic heterocycles. The Labute approximate surface area is 187 Å². The van der Waals surface area contributed by atoms with E-state index in [-0.39, 0.29) is 5.91 Å². The van der Waals surface area contributed by atoms with Crippen LogP contribution < -0.4 is 5.32 Å². The Bertz CT molecular complexity index is 842. The van der Waals surface area contributed by atoms with Crippen LogP contribution >= 0.6 is 0 Å². The molecule has 2 saturated heterocycles. The lowest BCUT2D eigenvalue weighted by atomic mass is 9.99. The largest absolute Gasteiger partial charge is 0.348 e. The van der Waals surface area contributed by atoms with Crippen LogP contribution in [-0.4, -0.2) is 41.9 Å². The highest BCUT2D eigenvalue weighted by molar-refractivity contribution is 5.94. The first-order valence-electron chi connectivity index (χ1n) is 12.1. The van der Waals surface area contributed by atoms with Crippen LogP contribution in [0.3, 0.4) is 0 Å². The van der Waals surface area contributed by atoms with E-state index >= 15 is 0 Å². The highest BCUT2D eigenvalue weighted by Crippen LogP contribution is 2.18. The zero-order valence-electron chi connectivity index (χ0n) is 19.0. The molecular weight excluding hydrogens is 382 g/mol. The number of nitrogens with one attached hydrogen (secondary N) is 1. The lowest BCUT2D eigenvalue weighted by Gasteiger charge is -2.30.